The lowest BCUT2D eigenvalue weighted by Gasteiger charge is -2.19. The van der Waals surface area contributed by atoms with Crippen molar-refractivity contribution in [3.05, 3.63) is 11.6 Å². The zero-order chi connectivity index (χ0) is 18.7. The van der Waals surface area contributed by atoms with Gasteiger partial charge in [-0.05, 0) is 38.0 Å². The van der Waals surface area contributed by atoms with E-state index >= 15 is 0 Å². The monoisotopic (exact) mass is 344 g/mol. The van der Waals surface area contributed by atoms with Crippen LogP contribution in [0.1, 0.15) is 72.6 Å². The van der Waals surface area contributed by atoms with Crippen molar-refractivity contribution in [3.63, 3.8) is 0 Å². The number of carboxylic acid groups (broad SMARTS) is 1. The molecule has 0 aliphatic heterocycles. The summed E-state index contributed by atoms with van der Waals surface area (Å²) in [6, 6.07) is 0. The van der Waals surface area contributed by atoms with Gasteiger partial charge in [0.05, 0.1) is 6.10 Å². The normalized spacial score (nSPS) is 17.6. The molecule has 0 heterocycles. The highest BCUT2D eigenvalue weighted by Gasteiger charge is 2.29. The van der Waals surface area contributed by atoms with Gasteiger partial charge in [0.1, 0.15) is 6.10 Å². The average Bonchev–Trinajstić information content (AvgIpc) is 2.50. The third-order valence-electron chi connectivity index (χ3n) is 4.42. The average molecular weight is 344 g/mol. The first kappa shape index (κ1) is 23.1. The highest BCUT2D eigenvalue weighted by atomic mass is 16.4. The second-order valence-electron chi connectivity index (χ2n) is 7.45. The standard InChI is InChI=1S/C19H36O5/c1-13(2)7-5-8-14(3)9-6-10-15(4)11-12-16(20)17(21)18(22)19(23)24/h11,13-14,16-18,20-22H,5-10,12H2,1-4H3,(H,23,24)/t14?,16?,17-,18-/m0/s1. The van der Waals surface area contributed by atoms with Crippen LogP contribution in [-0.4, -0.2) is 44.7 Å². The number of aliphatic hydroxyl groups excluding tert-OH is 3. The van der Waals surface area contributed by atoms with Crippen LogP contribution in [0, 0.1) is 11.8 Å². The molecule has 4 N–H and O–H groups in total. The van der Waals surface area contributed by atoms with E-state index in [1.807, 2.05) is 13.0 Å². The van der Waals surface area contributed by atoms with E-state index < -0.39 is 24.3 Å². The van der Waals surface area contributed by atoms with Crippen LogP contribution in [0.4, 0.5) is 0 Å². The molecule has 5 nitrogen and oxygen atoms in total. The minimum absolute atomic E-state index is 0.140. The zero-order valence-electron chi connectivity index (χ0n) is 15.6. The molecule has 0 saturated carbocycles. The van der Waals surface area contributed by atoms with Gasteiger partial charge in [-0.1, -0.05) is 58.1 Å². The summed E-state index contributed by atoms with van der Waals surface area (Å²) in [6.07, 6.45) is 4.06. The molecule has 0 aromatic heterocycles. The van der Waals surface area contributed by atoms with Crippen LogP contribution >= 0.6 is 0 Å². The van der Waals surface area contributed by atoms with E-state index in [0.717, 1.165) is 30.3 Å². The van der Waals surface area contributed by atoms with Gasteiger partial charge in [0.2, 0.25) is 0 Å². The molecule has 0 aliphatic rings. The molecule has 0 fully saturated rings. The Hall–Kier alpha value is -0.910. The number of carbonyl (C=O) groups is 1. The van der Waals surface area contributed by atoms with Crippen molar-refractivity contribution in [2.24, 2.45) is 11.8 Å². The molecule has 0 saturated heterocycles. The quantitative estimate of drug-likeness (QED) is 0.385. The zero-order valence-corrected chi connectivity index (χ0v) is 15.6. The lowest BCUT2D eigenvalue weighted by molar-refractivity contribution is -0.157. The minimum Gasteiger partial charge on any atom is -0.479 e. The first-order chi connectivity index (χ1) is 11.1. The van der Waals surface area contributed by atoms with Gasteiger partial charge < -0.3 is 20.4 Å². The van der Waals surface area contributed by atoms with Crippen molar-refractivity contribution in [1.29, 1.82) is 0 Å². The largest absolute Gasteiger partial charge is 0.479 e. The highest BCUT2D eigenvalue weighted by Crippen LogP contribution is 2.19. The predicted molar refractivity (Wildman–Crippen MR) is 95.7 cm³/mol. The van der Waals surface area contributed by atoms with Gasteiger partial charge in [-0.3, -0.25) is 0 Å². The van der Waals surface area contributed by atoms with Crippen LogP contribution in [-0.2, 0) is 4.79 Å². The van der Waals surface area contributed by atoms with Crippen molar-refractivity contribution in [2.75, 3.05) is 0 Å². The number of aliphatic carboxylic acids is 1. The van der Waals surface area contributed by atoms with Gasteiger partial charge in [0.15, 0.2) is 6.10 Å². The number of carboxylic acids is 1. The first-order valence-electron chi connectivity index (χ1n) is 9.07. The third kappa shape index (κ3) is 10.8. The fourth-order valence-electron chi connectivity index (χ4n) is 2.67. The van der Waals surface area contributed by atoms with Crippen molar-refractivity contribution < 1.29 is 25.2 Å². The third-order valence-corrected chi connectivity index (χ3v) is 4.42. The Morgan fingerprint density at radius 1 is 1.00 bits per heavy atom. The molecule has 2 unspecified atom stereocenters. The number of aliphatic hydroxyl groups is 3. The summed E-state index contributed by atoms with van der Waals surface area (Å²) in [7, 11) is 0. The lowest BCUT2D eigenvalue weighted by Crippen LogP contribution is -2.41. The Labute approximate surface area is 146 Å². The van der Waals surface area contributed by atoms with Crippen molar-refractivity contribution >= 4 is 5.97 Å². The van der Waals surface area contributed by atoms with Crippen molar-refractivity contribution in [2.45, 2.75) is 91.0 Å². The van der Waals surface area contributed by atoms with E-state index in [9.17, 15) is 20.1 Å². The lowest BCUT2D eigenvalue weighted by atomic mass is 9.94. The maximum atomic E-state index is 10.6. The molecular formula is C19H36O5. The van der Waals surface area contributed by atoms with Crippen LogP contribution in [0.5, 0.6) is 0 Å². The van der Waals surface area contributed by atoms with E-state index in [2.05, 4.69) is 20.8 Å². The Balaban J connectivity index is 4.00. The second-order valence-corrected chi connectivity index (χ2v) is 7.45. The first-order valence-corrected chi connectivity index (χ1v) is 9.07. The van der Waals surface area contributed by atoms with E-state index in [0.29, 0.717) is 0 Å². The topological polar surface area (TPSA) is 98.0 Å². The van der Waals surface area contributed by atoms with E-state index in [4.69, 9.17) is 5.11 Å². The molecule has 0 aromatic rings. The van der Waals surface area contributed by atoms with Gasteiger partial charge in [0, 0.05) is 0 Å². The molecule has 0 radical (unpaired) electrons. The number of hydrogen-bond acceptors (Lipinski definition) is 4. The summed E-state index contributed by atoms with van der Waals surface area (Å²) in [5.74, 6) is -0.0489. The van der Waals surface area contributed by atoms with Gasteiger partial charge >= 0.3 is 5.97 Å². The summed E-state index contributed by atoms with van der Waals surface area (Å²) >= 11 is 0. The molecule has 142 valence electrons. The smallest absolute Gasteiger partial charge is 0.335 e. The van der Waals surface area contributed by atoms with Gasteiger partial charge in [-0.2, -0.15) is 0 Å². The molecule has 0 rings (SSSR count). The Kier molecular flexibility index (Phi) is 12.0. The fourth-order valence-corrected chi connectivity index (χ4v) is 2.67. The number of rotatable bonds is 13. The van der Waals surface area contributed by atoms with E-state index in [1.165, 1.54) is 25.7 Å². The summed E-state index contributed by atoms with van der Waals surface area (Å²) < 4.78 is 0. The van der Waals surface area contributed by atoms with Gasteiger partial charge in [0.25, 0.3) is 0 Å². The maximum Gasteiger partial charge on any atom is 0.335 e. The summed E-state index contributed by atoms with van der Waals surface area (Å²) in [6.45, 7) is 8.75. The van der Waals surface area contributed by atoms with Crippen molar-refractivity contribution in [1.82, 2.24) is 0 Å². The van der Waals surface area contributed by atoms with E-state index in [-0.39, 0.29) is 6.42 Å². The van der Waals surface area contributed by atoms with Crippen LogP contribution in [0.15, 0.2) is 11.6 Å². The van der Waals surface area contributed by atoms with Crippen molar-refractivity contribution in [3.8, 4) is 0 Å². The van der Waals surface area contributed by atoms with Crippen LogP contribution in [0.25, 0.3) is 0 Å². The predicted octanol–water partition coefficient (Wildman–Crippen LogP) is 3.12. The Bertz CT molecular complexity index is 378. The minimum atomic E-state index is -1.96. The molecular weight excluding hydrogens is 308 g/mol. The highest BCUT2D eigenvalue weighted by molar-refractivity contribution is 5.72. The maximum absolute atomic E-state index is 10.6. The molecule has 24 heavy (non-hydrogen) atoms. The fraction of sp³-hybridized carbons (Fsp3) is 0.842. The molecule has 0 amide bonds. The van der Waals surface area contributed by atoms with Gasteiger partial charge in [-0.25, -0.2) is 4.79 Å². The Morgan fingerprint density at radius 3 is 2.12 bits per heavy atom. The summed E-state index contributed by atoms with van der Waals surface area (Å²) in [5.41, 5.74) is 1.11. The van der Waals surface area contributed by atoms with Gasteiger partial charge in [-0.15, -0.1) is 0 Å². The molecule has 4 atom stereocenters. The Morgan fingerprint density at radius 2 is 1.58 bits per heavy atom. The second kappa shape index (κ2) is 12.5. The molecule has 0 aliphatic carbocycles. The SMILES string of the molecule is CC(=CCC(O)[C@H](O)[C@H](O)C(=O)O)CCCC(C)CCCC(C)C. The van der Waals surface area contributed by atoms with Crippen LogP contribution < -0.4 is 0 Å². The van der Waals surface area contributed by atoms with Crippen LogP contribution in [0.3, 0.4) is 0 Å². The van der Waals surface area contributed by atoms with Crippen LogP contribution in [0.2, 0.25) is 0 Å². The summed E-state index contributed by atoms with van der Waals surface area (Å²) in [4.78, 5) is 10.6. The summed E-state index contributed by atoms with van der Waals surface area (Å²) in [5, 5.41) is 37.1. The molecule has 0 spiro atoms. The molecule has 5 heteroatoms. The van der Waals surface area contributed by atoms with E-state index in [1.54, 1.807) is 0 Å². The number of allylic oxidation sites excluding steroid dienone is 1. The number of hydrogen-bond donors (Lipinski definition) is 4. The molecule has 0 bridgehead atoms. The molecule has 0 aromatic carbocycles.